The van der Waals surface area contributed by atoms with Gasteiger partial charge in [0, 0.05) is 14.7 Å². The molecule has 0 fully saturated rings. The van der Waals surface area contributed by atoms with Gasteiger partial charge in [-0.15, -0.1) is 0 Å². The molecule has 0 aromatic heterocycles. The SMILES string of the molecule is COc1ccc(COCC[Si](C)(C)C)cc1Br. The van der Waals surface area contributed by atoms with Gasteiger partial charge in [-0.2, -0.15) is 0 Å². The van der Waals surface area contributed by atoms with E-state index in [0.29, 0.717) is 6.61 Å². The Hall–Kier alpha value is -0.323. The van der Waals surface area contributed by atoms with Gasteiger partial charge in [0.05, 0.1) is 18.2 Å². The first-order valence-electron chi connectivity index (χ1n) is 5.82. The number of benzene rings is 1. The Bertz CT molecular complexity index is 361. The van der Waals surface area contributed by atoms with Crippen LogP contribution in [-0.2, 0) is 11.3 Å². The van der Waals surface area contributed by atoms with Crippen LogP contribution in [0.5, 0.6) is 5.75 Å². The van der Waals surface area contributed by atoms with E-state index in [2.05, 4.69) is 35.6 Å². The second kappa shape index (κ2) is 6.57. The molecule has 0 radical (unpaired) electrons. The molecule has 2 nitrogen and oxygen atoms in total. The summed E-state index contributed by atoms with van der Waals surface area (Å²) in [6.07, 6.45) is 0. The summed E-state index contributed by atoms with van der Waals surface area (Å²) in [4.78, 5) is 0. The highest BCUT2D eigenvalue weighted by Crippen LogP contribution is 2.25. The van der Waals surface area contributed by atoms with Gasteiger partial charge in [0.25, 0.3) is 0 Å². The molecule has 0 atom stereocenters. The number of rotatable bonds is 6. The van der Waals surface area contributed by atoms with Gasteiger partial charge in [-0.1, -0.05) is 25.7 Å². The van der Waals surface area contributed by atoms with Crippen molar-refractivity contribution < 1.29 is 9.47 Å². The maximum atomic E-state index is 5.70. The second-order valence-electron chi connectivity index (χ2n) is 5.33. The molecule has 0 spiro atoms. The number of hydrogen-bond acceptors (Lipinski definition) is 2. The topological polar surface area (TPSA) is 18.5 Å². The van der Waals surface area contributed by atoms with Crippen LogP contribution in [0.2, 0.25) is 25.7 Å². The predicted octanol–water partition coefficient (Wildman–Crippen LogP) is 4.31. The minimum Gasteiger partial charge on any atom is -0.496 e. The third-order valence-corrected chi connectivity index (χ3v) is 4.81. The summed E-state index contributed by atoms with van der Waals surface area (Å²) in [6.45, 7) is 8.62. The number of ether oxygens (including phenoxy) is 2. The Kier molecular flexibility index (Phi) is 5.69. The molecular weight excluding hydrogens is 296 g/mol. The van der Waals surface area contributed by atoms with E-state index in [1.165, 1.54) is 11.6 Å². The maximum Gasteiger partial charge on any atom is 0.133 e. The molecule has 0 amide bonds. The van der Waals surface area contributed by atoms with E-state index in [1.807, 2.05) is 18.2 Å². The number of hydrogen-bond donors (Lipinski definition) is 0. The highest BCUT2D eigenvalue weighted by atomic mass is 79.9. The van der Waals surface area contributed by atoms with Crippen molar-refractivity contribution in [3.8, 4) is 5.75 Å². The smallest absolute Gasteiger partial charge is 0.133 e. The average Bonchev–Trinajstić information content (AvgIpc) is 2.23. The summed E-state index contributed by atoms with van der Waals surface area (Å²) in [6, 6.07) is 7.26. The van der Waals surface area contributed by atoms with Gasteiger partial charge in [0.2, 0.25) is 0 Å². The third-order valence-electron chi connectivity index (χ3n) is 2.48. The molecule has 0 unspecified atom stereocenters. The minimum absolute atomic E-state index is 0.674. The lowest BCUT2D eigenvalue weighted by Crippen LogP contribution is -2.21. The lowest BCUT2D eigenvalue weighted by Gasteiger charge is -2.15. The zero-order valence-corrected chi connectivity index (χ0v) is 13.6. The Morgan fingerprint density at radius 2 is 1.94 bits per heavy atom. The monoisotopic (exact) mass is 316 g/mol. The zero-order chi connectivity index (χ0) is 12.9. The molecule has 0 heterocycles. The van der Waals surface area contributed by atoms with Gasteiger partial charge < -0.3 is 9.47 Å². The fourth-order valence-corrected chi connectivity index (χ4v) is 2.71. The van der Waals surface area contributed by atoms with E-state index >= 15 is 0 Å². The number of halogens is 1. The van der Waals surface area contributed by atoms with Crippen LogP contribution in [0.25, 0.3) is 0 Å². The van der Waals surface area contributed by atoms with Crippen LogP contribution in [0.3, 0.4) is 0 Å². The van der Waals surface area contributed by atoms with E-state index in [1.54, 1.807) is 7.11 Å². The predicted molar refractivity (Wildman–Crippen MR) is 78.5 cm³/mol. The Labute approximate surface area is 113 Å². The summed E-state index contributed by atoms with van der Waals surface area (Å²) in [7, 11) is 0.696. The molecule has 0 aliphatic carbocycles. The maximum absolute atomic E-state index is 5.70. The van der Waals surface area contributed by atoms with Crippen LogP contribution in [0, 0.1) is 0 Å². The first kappa shape index (κ1) is 14.7. The normalized spacial score (nSPS) is 11.6. The molecule has 1 aromatic carbocycles. The van der Waals surface area contributed by atoms with Crippen molar-refractivity contribution in [2.75, 3.05) is 13.7 Å². The quantitative estimate of drug-likeness (QED) is 0.575. The van der Waals surface area contributed by atoms with Crippen molar-refractivity contribution in [1.29, 1.82) is 0 Å². The highest BCUT2D eigenvalue weighted by molar-refractivity contribution is 9.10. The van der Waals surface area contributed by atoms with Crippen LogP contribution < -0.4 is 4.74 Å². The summed E-state index contributed by atoms with van der Waals surface area (Å²) in [5.74, 6) is 0.857. The van der Waals surface area contributed by atoms with Gasteiger partial charge in [-0.25, -0.2) is 0 Å². The molecule has 0 saturated carbocycles. The van der Waals surface area contributed by atoms with E-state index < -0.39 is 8.07 Å². The van der Waals surface area contributed by atoms with Gasteiger partial charge >= 0.3 is 0 Å². The average molecular weight is 317 g/mol. The van der Waals surface area contributed by atoms with Gasteiger partial charge in [0.1, 0.15) is 5.75 Å². The van der Waals surface area contributed by atoms with Crippen molar-refractivity contribution in [2.24, 2.45) is 0 Å². The minimum atomic E-state index is -0.975. The second-order valence-corrected chi connectivity index (χ2v) is 11.8. The number of methoxy groups -OCH3 is 1. The lowest BCUT2D eigenvalue weighted by atomic mass is 10.2. The van der Waals surface area contributed by atoms with Crippen LogP contribution in [0.4, 0.5) is 0 Å². The lowest BCUT2D eigenvalue weighted by molar-refractivity contribution is 0.133. The fourth-order valence-electron chi connectivity index (χ4n) is 1.37. The van der Waals surface area contributed by atoms with Crippen LogP contribution in [-0.4, -0.2) is 21.8 Å². The van der Waals surface area contributed by atoms with E-state index in [0.717, 1.165) is 16.8 Å². The van der Waals surface area contributed by atoms with Gasteiger partial charge in [-0.05, 0) is 39.7 Å². The summed E-state index contributed by atoms with van der Waals surface area (Å²) in [5, 5.41) is 0. The van der Waals surface area contributed by atoms with Crippen LogP contribution in [0.1, 0.15) is 5.56 Å². The van der Waals surface area contributed by atoms with Crippen LogP contribution >= 0.6 is 15.9 Å². The largest absolute Gasteiger partial charge is 0.496 e. The zero-order valence-electron chi connectivity index (χ0n) is 11.0. The molecule has 0 aliphatic rings. The molecule has 0 saturated heterocycles. The third kappa shape index (κ3) is 5.70. The first-order chi connectivity index (χ1) is 7.92. The molecule has 0 aliphatic heterocycles. The van der Waals surface area contributed by atoms with E-state index in [9.17, 15) is 0 Å². The summed E-state index contributed by atoms with van der Waals surface area (Å²) >= 11 is 3.47. The van der Waals surface area contributed by atoms with Gasteiger partial charge in [0.15, 0.2) is 0 Å². The van der Waals surface area contributed by atoms with Crippen molar-refractivity contribution in [2.45, 2.75) is 32.3 Å². The van der Waals surface area contributed by atoms with E-state index in [-0.39, 0.29) is 0 Å². The fraction of sp³-hybridized carbons (Fsp3) is 0.538. The molecule has 1 aromatic rings. The standard InChI is InChI=1S/C13H21BrO2Si/c1-15-13-6-5-11(9-12(13)14)10-16-7-8-17(2,3)4/h5-6,9H,7-8,10H2,1-4H3. The molecule has 0 N–H and O–H groups in total. The highest BCUT2D eigenvalue weighted by Gasteiger charge is 2.12. The molecule has 4 heteroatoms. The van der Waals surface area contributed by atoms with Crippen LogP contribution in [0.15, 0.2) is 22.7 Å². The Balaban J connectivity index is 2.40. The first-order valence-corrected chi connectivity index (χ1v) is 10.3. The van der Waals surface area contributed by atoms with Crippen molar-refractivity contribution in [3.63, 3.8) is 0 Å². The van der Waals surface area contributed by atoms with Crippen molar-refractivity contribution >= 4 is 24.0 Å². The molecule has 1 rings (SSSR count). The molecular formula is C13H21BrO2Si. The van der Waals surface area contributed by atoms with E-state index in [4.69, 9.17) is 9.47 Å². The molecule has 17 heavy (non-hydrogen) atoms. The molecule has 96 valence electrons. The Morgan fingerprint density at radius 1 is 1.24 bits per heavy atom. The summed E-state index contributed by atoms with van der Waals surface area (Å²) in [5.41, 5.74) is 1.17. The van der Waals surface area contributed by atoms with Crippen molar-refractivity contribution in [1.82, 2.24) is 0 Å². The van der Waals surface area contributed by atoms with Crippen molar-refractivity contribution in [3.05, 3.63) is 28.2 Å². The molecule has 0 bridgehead atoms. The van der Waals surface area contributed by atoms with Gasteiger partial charge in [-0.3, -0.25) is 0 Å². The Morgan fingerprint density at radius 3 is 2.47 bits per heavy atom. The summed E-state index contributed by atoms with van der Waals surface area (Å²) < 4.78 is 11.9.